The summed E-state index contributed by atoms with van der Waals surface area (Å²) < 4.78 is 6.23. The Balaban J connectivity index is 1.32. The summed E-state index contributed by atoms with van der Waals surface area (Å²) in [6.45, 7) is 5.24. The van der Waals surface area contributed by atoms with Gasteiger partial charge in [0.1, 0.15) is 17.9 Å². The minimum absolute atomic E-state index is 0.0134. The third kappa shape index (κ3) is 6.51. The number of amides is 2. The molecular formula is C28H37ClN4O3. The zero-order valence-corrected chi connectivity index (χ0v) is 22.0. The van der Waals surface area contributed by atoms with Gasteiger partial charge in [0, 0.05) is 56.8 Å². The third-order valence-corrected chi connectivity index (χ3v) is 7.40. The molecule has 2 N–H and O–H groups in total. The Kier molecular flexibility index (Phi) is 9.10. The topological polar surface area (TPSA) is 73.9 Å². The summed E-state index contributed by atoms with van der Waals surface area (Å²) in [5.41, 5.74) is 3.19. The Hall–Kier alpha value is -2.77. The molecule has 2 aliphatic heterocycles. The van der Waals surface area contributed by atoms with E-state index < -0.39 is 6.04 Å². The first-order valence-electron chi connectivity index (χ1n) is 13.0. The second kappa shape index (κ2) is 12.5. The lowest BCUT2D eigenvalue weighted by Gasteiger charge is -2.35. The van der Waals surface area contributed by atoms with Gasteiger partial charge in [0.2, 0.25) is 11.8 Å². The molecule has 0 spiro atoms. The van der Waals surface area contributed by atoms with Crippen LogP contribution in [0.15, 0.2) is 42.5 Å². The van der Waals surface area contributed by atoms with Crippen molar-refractivity contribution in [3.05, 3.63) is 53.1 Å². The van der Waals surface area contributed by atoms with E-state index >= 15 is 0 Å². The van der Waals surface area contributed by atoms with E-state index in [1.165, 1.54) is 11.3 Å². The number of carbonyl (C=O) groups is 2. The fourth-order valence-electron chi connectivity index (χ4n) is 5.09. The maximum absolute atomic E-state index is 13.0. The van der Waals surface area contributed by atoms with E-state index in [1.54, 1.807) is 11.0 Å². The van der Waals surface area contributed by atoms with Crippen LogP contribution >= 0.6 is 11.6 Å². The largest absolute Gasteiger partial charge is 0.489 e. The van der Waals surface area contributed by atoms with Gasteiger partial charge >= 0.3 is 0 Å². The highest BCUT2D eigenvalue weighted by molar-refractivity contribution is 6.32. The van der Waals surface area contributed by atoms with Gasteiger partial charge in [-0.3, -0.25) is 9.59 Å². The second-order valence-corrected chi connectivity index (χ2v) is 10.1. The van der Waals surface area contributed by atoms with Crippen molar-refractivity contribution < 1.29 is 14.3 Å². The quantitative estimate of drug-likeness (QED) is 0.539. The molecule has 8 heteroatoms. The van der Waals surface area contributed by atoms with E-state index in [0.29, 0.717) is 42.4 Å². The van der Waals surface area contributed by atoms with Crippen molar-refractivity contribution in [2.75, 3.05) is 43.4 Å². The van der Waals surface area contributed by atoms with Crippen molar-refractivity contribution in [2.45, 2.75) is 57.6 Å². The van der Waals surface area contributed by atoms with Crippen LogP contribution < -0.4 is 20.3 Å². The van der Waals surface area contributed by atoms with Gasteiger partial charge in [-0.25, -0.2) is 0 Å². The number of hydrogen-bond acceptors (Lipinski definition) is 5. The average molecular weight is 513 g/mol. The summed E-state index contributed by atoms with van der Waals surface area (Å²) in [6, 6.07) is 13.4. The number of hydrogen-bond donors (Lipinski definition) is 2. The predicted octanol–water partition coefficient (Wildman–Crippen LogP) is 4.63. The summed E-state index contributed by atoms with van der Waals surface area (Å²) >= 11 is 6.54. The zero-order chi connectivity index (χ0) is 25.5. The summed E-state index contributed by atoms with van der Waals surface area (Å²) in [4.78, 5) is 29.8. The molecule has 36 heavy (non-hydrogen) atoms. The van der Waals surface area contributed by atoms with Crippen LogP contribution in [0.5, 0.6) is 5.75 Å². The van der Waals surface area contributed by atoms with Crippen LogP contribution in [0.4, 0.5) is 11.4 Å². The molecule has 2 aromatic carbocycles. The first kappa shape index (κ1) is 26.3. The van der Waals surface area contributed by atoms with E-state index in [2.05, 4.69) is 46.7 Å². The number of rotatable bonds is 8. The lowest BCUT2D eigenvalue weighted by molar-refractivity contribution is -0.140. The van der Waals surface area contributed by atoms with E-state index in [0.717, 1.165) is 38.8 Å². The Bertz CT molecular complexity index is 1050. The molecule has 2 fully saturated rings. The standard InChI is InChI=1S/C28H37ClN4O3/c1-20-7-3-4-8-24(20)32-17-13-22(14-18-32)36-26-11-10-21(19-23(26)29)31-28(35)25-9-5-6-16-33(25)27(34)12-15-30-2/h3-4,7-8,10-11,19,22,25,30H,5-6,9,12-18H2,1-2H3,(H,31,35)/t25-/m1/s1. The van der Waals surface area contributed by atoms with Gasteiger partial charge in [0.15, 0.2) is 0 Å². The lowest BCUT2D eigenvalue weighted by atomic mass is 10.0. The van der Waals surface area contributed by atoms with Crippen molar-refractivity contribution in [2.24, 2.45) is 0 Å². The molecular weight excluding hydrogens is 476 g/mol. The molecule has 2 aromatic rings. The highest BCUT2D eigenvalue weighted by Crippen LogP contribution is 2.32. The van der Waals surface area contributed by atoms with Crippen LogP contribution in [0.2, 0.25) is 5.02 Å². The van der Waals surface area contributed by atoms with Gasteiger partial charge in [-0.1, -0.05) is 29.8 Å². The van der Waals surface area contributed by atoms with Gasteiger partial charge in [-0.2, -0.15) is 0 Å². The number of likely N-dealkylation sites (tertiary alicyclic amines) is 1. The molecule has 2 aliphatic rings. The fourth-order valence-corrected chi connectivity index (χ4v) is 5.32. The maximum Gasteiger partial charge on any atom is 0.247 e. The molecule has 4 rings (SSSR count). The maximum atomic E-state index is 13.0. The van der Waals surface area contributed by atoms with Gasteiger partial charge in [0.25, 0.3) is 0 Å². The predicted molar refractivity (Wildman–Crippen MR) is 145 cm³/mol. The third-order valence-electron chi connectivity index (χ3n) is 7.11. The summed E-state index contributed by atoms with van der Waals surface area (Å²) in [6.07, 6.45) is 4.86. The first-order chi connectivity index (χ1) is 17.5. The number of ether oxygens (including phenoxy) is 1. The monoisotopic (exact) mass is 512 g/mol. The fraction of sp³-hybridized carbons (Fsp3) is 0.500. The minimum Gasteiger partial charge on any atom is -0.489 e. The van der Waals surface area contributed by atoms with Crippen molar-refractivity contribution in [3.63, 3.8) is 0 Å². The number of piperidine rings is 2. The van der Waals surface area contributed by atoms with Gasteiger partial charge in [0.05, 0.1) is 5.02 Å². The van der Waals surface area contributed by atoms with Crippen LogP contribution in [0.1, 0.15) is 44.1 Å². The molecule has 0 aromatic heterocycles. The highest BCUT2D eigenvalue weighted by atomic mass is 35.5. The second-order valence-electron chi connectivity index (χ2n) is 9.68. The Morgan fingerprint density at radius 3 is 2.56 bits per heavy atom. The van der Waals surface area contributed by atoms with Gasteiger partial charge < -0.3 is 25.2 Å². The number of aryl methyl sites for hydroxylation is 1. The first-order valence-corrected chi connectivity index (χ1v) is 13.4. The van der Waals surface area contributed by atoms with Crippen LogP contribution in [0, 0.1) is 6.92 Å². The lowest BCUT2D eigenvalue weighted by Crippen LogP contribution is -2.50. The van der Waals surface area contributed by atoms with E-state index in [9.17, 15) is 9.59 Å². The number of para-hydroxylation sites is 1. The highest BCUT2D eigenvalue weighted by Gasteiger charge is 2.32. The number of halogens is 1. The van der Waals surface area contributed by atoms with Crippen molar-refractivity contribution in [1.82, 2.24) is 10.2 Å². The minimum atomic E-state index is -0.448. The molecule has 0 bridgehead atoms. The van der Waals surface area contributed by atoms with Crippen LogP contribution in [-0.4, -0.2) is 62.1 Å². The molecule has 0 radical (unpaired) electrons. The molecule has 2 heterocycles. The smallest absolute Gasteiger partial charge is 0.247 e. The molecule has 1 atom stereocenters. The van der Waals surface area contributed by atoms with E-state index in [1.807, 2.05) is 19.2 Å². The molecule has 0 aliphatic carbocycles. The Labute approximate surface area is 219 Å². The average Bonchev–Trinajstić information content (AvgIpc) is 2.89. The number of benzene rings is 2. The van der Waals surface area contributed by atoms with Crippen LogP contribution in [0.3, 0.4) is 0 Å². The molecule has 0 saturated carbocycles. The number of anilines is 2. The molecule has 2 saturated heterocycles. The summed E-state index contributed by atoms with van der Waals surface area (Å²) in [5.74, 6) is 0.478. The van der Waals surface area contributed by atoms with Gasteiger partial charge in [-0.05, 0) is 63.1 Å². The SMILES string of the molecule is CNCCC(=O)N1CCCC[C@@H]1C(=O)Nc1ccc(OC2CCN(c3ccccc3C)CC2)c(Cl)c1. The normalized spacial score (nSPS) is 18.7. The Morgan fingerprint density at radius 2 is 1.83 bits per heavy atom. The van der Waals surface area contributed by atoms with Crippen LogP contribution in [0.25, 0.3) is 0 Å². The van der Waals surface area contributed by atoms with E-state index in [-0.39, 0.29) is 17.9 Å². The Morgan fingerprint density at radius 1 is 1.06 bits per heavy atom. The summed E-state index contributed by atoms with van der Waals surface area (Å²) in [7, 11) is 1.82. The van der Waals surface area contributed by atoms with Crippen molar-refractivity contribution in [1.29, 1.82) is 0 Å². The molecule has 7 nitrogen and oxygen atoms in total. The molecule has 194 valence electrons. The van der Waals surface area contributed by atoms with Gasteiger partial charge in [-0.15, -0.1) is 0 Å². The summed E-state index contributed by atoms with van der Waals surface area (Å²) in [5, 5.41) is 6.43. The van der Waals surface area contributed by atoms with Crippen LogP contribution in [-0.2, 0) is 9.59 Å². The number of nitrogens with one attached hydrogen (secondary N) is 2. The van der Waals surface area contributed by atoms with Crippen molar-refractivity contribution in [3.8, 4) is 5.75 Å². The van der Waals surface area contributed by atoms with Crippen molar-refractivity contribution >= 4 is 34.8 Å². The number of nitrogens with zero attached hydrogens (tertiary/aromatic N) is 2. The van der Waals surface area contributed by atoms with E-state index in [4.69, 9.17) is 16.3 Å². The number of carbonyl (C=O) groups excluding carboxylic acids is 2. The molecule has 0 unspecified atom stereocenters. The zero-order valence-electron chi connectivity index (χ0n) is 21.3. The molecule has 2 amide bonds.